The summed E-state index contributed by atoms with van der Waals surface area (Å²) in [5.74, 6) is -3.54. The molecule has 3 fully saturated rings. The first-order valence-electron chi connectivity index (χ1n) is 16.9. The maximum absolute atomic E-state index is 14.9. The van der Waals surface area contributed by atoms with Gasteiger partial charge in [0, 0.05) is 36.6 Å². The minimum Gasteiger partial charge on any atom is -0.455 e. The van der Waals surface area contributed by atoms with Gasteiger partial charge in [0.25, 0.3) is 5.91 Å². The van der Waals surface area contributed by atoms with Gasteiger partial charge in [-0.25, -0.2) is 0 Å². The molecule has 5 rings (SSSR count). The number of likely N-dealkylation sites (tertiary alicyclic amines) is 1. The average molecular weight is 737 g/mol. The maximum Gasteiger partial charge on any atom is 0.313 e. The number of aliphatic hydroxyl groups is 1. The van der Waals surface area contributed by atoms with Gasteiger partial charge < -0.3 is 29.7 Å². The molecule has 2 aromatic rings. The largest absolute Gasteiger partial charge is 0.455 e. The van der Waals surface area contributed by atoms with Crippen LogP contribution < -0.4 is 10.2 Å². The van der Waals surface area contributed by atoms with Gasteiger partial charge in [-0.3, -0.25) is 19.2 Å². The van der Waals surface area contributed by atoms with Crippen LogP contribution in [-0.4, -0.2) is 82.0 Å². The van der Waals surface area contributed by atoms with Crippen LogP contribution in [0.25, 0.3) is 0 Å². The molecule has 3 aliphatic rings. The third kappa shape index (κ3) is 6.85. The minimum atomic E-state index is -1.31. The SMILES string of the molecule is C=CCCC(=O)N[C@@H](C)[C@H](OC(=O)[C@@H]1[C@H]2O[C@@]3(CC2Br)[C@H](C(=O)N(CC=C)c2c(C)cccc2C)N(CCCO)C(=O)[C@@H]13)c1ccccc1. The number of halogens is 1. The fraction of sp³-hybridized carbons (Fsp3) is 0.474. The number of ether oxygens (including phenoxy) is 2. The van der Waals surface area contributed by atoms with Crippen LogP contribution in [0, 0.1) is 25.7 Å². The molecule has 3 amide bonds. The number of nitrogens with zero attached hydrogens (tertiary/aromatic N) is 2. The molecule has 1 unspecified atom stereocenters. The third-order valence-electron chi connectivity index (χ3n) is 9.93. The van der Waals surface area contributed by atoms with E-state index in [2.05, 4.69) is 34.4 Å². The quantitative estimate of drug-likeness (QED) is 0.154. The Morgan fingerprint density at radius 1 is 1.14 bits per heavy atom. The molecule has 0 saturated carbocycles. The average Bonchev–Trinajstić information content (AvgIpc) is 3.67. The van der Waals surface area contributed by atoms with Crippen molar-refractivity contribution in [2.24, 2.45) is 11.8 Å². The highest BCUT2D eigenvalue weighted by atomic mass is 79.9. The fourth-order valence-corrected chi connectivity index (χ4v) is 8.84. The lowest BCUT2D eigenvalue weighted by atomic mass is 9.70. The number of carbonyl (C=O) groups excluding carboxylic acids is 4. The molecule has 0 radical (unpaired) electrons. The molecule has 2 aromatic carbocycles. The third-order valence-corrected chi connectivity index (χ3v) is 10.8. The summed E-state index contributed by atoms with van der Waals surface area (Å²) in [5, 5.41) is 12.7. The van der Waals surface area contributed by atoms with Gasteiger partial charge in [0.1, 0.15) is 17.7 Å². The molecule has 11 heteroatoms. The van der Waals surface area contributed by atoms with Crippen molar-refractivity contribution < 1.29 is 33.8 Å². The predicted molar refractivity (Wildman–Crippen MR) is 190 cm³/mol. The van der Waals surface area contributed by atoms with Gasteiger partial charge in [0.2, 0.25) is 11.8 Å². The van der Waals surface area contributed by atoms with Crippen LogP contribution in [0.4, 0.5) is 5.69 Å². The van der Waals surface area contributed by atoms with E-state index in [-0.39, 0.29) is 55.1 Å². The first kappa shape index (κ1) is 36.5. The monoisotopic (exact) mass is 735 g/mol. The zero-order chi connectivity index (χ0) is 35.5. The van der Waals surface area contributed by atoms with Gasteiger partial charge in [-0.2, -0.15) is 0 Å². The number of hydrogen-bond acceptors (Lipinski definition) is 7. The van der Waals surface area contributed by atoms with E-state index in [0.717, 1.165) is 16.8 Å². The van der Waals surface area contributed by atoms with Gasteiger partial charge in [0.05, 0.1) is 24.0 Å². The number of carbonyl (C=O) groups is 4. The predicted octanol–water partition coefficient (Wildman–Crippen LogP) is 4.71. The number of aliphatic hydroxyl groups excluding tert-OH is 1. The molecule has 8 atom stereocenters. The van der Waals surface area contributed by atoms with E-state index < -0.39 is 47.7 Å². The summed E-state index contributed by atoms with van der Waals surface area (Å²) in [6, 6.07) is 13.3. The van der Waals surface area contributed by atoms with Gasteiger partial charge in [0.15, 0.2) is 0 Å². The van der Waals surface area contributed by atoms with E-state index in [9.17, 15) is 24.3 Å². The zero-order valence-corrected chi connectivity index (χ0v) is 29.9. The van der Waals surface area contributed by atoms with Crippen molar-refractivity contribution in [3.63, 3.8) is 0 Å². The van der Waals surface area contributed by atoms with Gasteiger partial charge in [-0.05, 0) is 56.7 Å². The minimum absolute atomic E-state index is 0.113. The van der Waals surface area contributed by atoms with Crippen molar-refractivity contribution in [1.82, 2.24) is 10.2 Å². The first-order valence-corrected chi connectivity index (χ1v) is 17.8. The normalized spacial score (nSPS) is 26.5. The molecule has 3 heterocycles. The zero-order valence-electron chi connectivity index (χ0n) is 28.3. The van der Waals surface area contributed by atoms with Crippen LogP contribution in [0.3, 0.4) is 0 Å². The van der Waals surface area contributed by atoms with Gasteiger partial charge in [-0.15, -0.1) is 13.2 Å². The standard InChI is InChI=1S/C38H46BrN3O7/c1-6-8-18-28(44)40-25(5)32(26-16-10-9-11-17-26)48-37(47)29-30-35(45)42(20-13-21-43)34(38(30)22-27(39)33(29)49-38)36(46)41(19-7-2)31-23(3)14-12-15-24(31)4/h6-7,9-12,14-17,25,27,29-30,32-34,43H,1-2,8,13,18-22H2,3-5H3,(H,40,44)/t25-,27?,29-,30+,32-,33-,34-,38+/m0/s1. The number of anilines is 1. The Kier molecular flexibility index (Phi) is 11.5. The van der Waals surface area contributed by atoms with E-state index in [1.54, 1.807) is 24.0 Å². The second-order valence-corrected chi connectivity index (χ2v) is 14.4. The van der Waals surface area contributed by atoms with Crippen molar-refractivity contribution in [3.05, 3.63) is 90.5 Å². The lowest BCUT2D eigenvalue weighted by Gasteiger charge is -2.38. The van der Waals surface area contributed by atoms with Crippen LogP contribution in [0.1, 0.15) is 55.4 Å². The number of hydrogen-bond donors (Lipinski definition) is 2. The summed E-state index contributed by atoms with van der Waals surface area (Å²) in [4.78, 5) is 59.2. The molecular weight excluding hydrogens is 690 g/mol. The van der Waals surface area contributed by atoms with Crippen molar-refractivity contribution in [3.8, 4) is 0 Å². The van der Waals surface area contributed by atoms with E-state index in [0.29, 0.717) is 18.4 Å². The number of aryl methyl sites for hydroxylation is 2. The highest BCUT2D eigenvalue weighted by Gasteiger charge is 2.77. The Morgan fingerprint density at radius 2 is 1.84 bits per heavy atom. The Labute approximate surface area is 296 Å². The second-order valence-electron chi connectivity index (χ2n) is 13.2. The number of esters is 1. The molecule has 1 spiro atoms. The van der Waals surface area contributed by atoms with Crippen LogP contribution in [0.5, 0.6) is 0 Å². The van der Waals surface area contributed by atoms with Crippen molar-refractivity contribution in [2.75, 3.05) is 24.6 Å². The maximum atomic E-state index is 14.9. The van der Waals surface area contributed by atoms with Gasteiger partial charge in [-0.1, -0.05) is 76.6 Å². The summed E-state index contributed by atoms with van der Waals surface area (Å²) >= 11 is 3.73. The second kappa shape index (κ2) is 15.4. The summed E-state index contributed by atoms with van der Waals surface area (Å²) in [6.45, 7) is 13.3. The van der Waals surface area contributed by atoms with E-state index >= 15 is 0 Å². The Morgan fingerprint density at radius 3 is 2.47 bits per heavy atom. The number of allylic oxidation sites excluding steroid dienone is 1. The van der Waals surface area contributed by atoms with E-state index in [1.807, 2.05) is 62.4 Å². The number of rotatable bonds is 15. The molecule has 49 heavy (non-hydrogen) atoms. The highest BCUT2D eigenvalue weighted by Crippen LogP contribution is 2.60. The summed E-state index contributed by atoms with van der Waals surface area (Å²) in [7, 11) is 0. The van der Waals surface area contributed by atoms with Crippen molar-refractivity contribution in [2.45, 2.75) is 81.2 Å². The van der Waals surface area contributed by atoms with Crippen LogP contribution in [-0.2, 0) is 28.7 Å². The molecule has 10 nitrogen and oxygen atoms in total. The molecule has 2 bridgehead atoms. The highest BCUT2D eigenvalue weighted by molar-refractivity contribution is 9.09. The number of alkyl halides is 1. The number of fused-ring (bicyclic) bond motifs is 1. The number of benzene rings is 2. The molecule has 262 valence electrons. The molecule has 0 aromatic heterocycles. The number of nitrogens with one attached hydrogen (secondary N) is 1. The number of para-hydroxylation sites is 1. The smallest absolute Gasteiger partial charge is 0.313 e. The lowest BCUT2D eigenvalue weighted by molar-refractivity contribution is -0.162. The van der Waals surface area contributed by atoms with Gasteiger partial charge >= 0.3 is 5.97 Å². The molecule has 0 aliphatic carbocycles. The van der Waals surface area contributed by atoms with Crippen molar-refractivity contribution >= 4 is 45.3 Å². The Balaban J connectivity index is 1.51. The fourth-order valence-electron chi connectivity index (χ4n) is 7.90. The Hall–Kier alpha value is -3.80. The molecule has 2 N–H and O–H groups in total. The Bertz CT molecular complexity index is 1560. The summed E-state index contributed by atoms with van der Waals surface area (Å²) in [5.41, 5.74) is 1.89. The molecule has 3 saturated heterocycles. The van der Waals surface area contributed by atoms with Crippen LogP contribution in [0.15, 0.2) is 73.8 Å². The summed E-state index contributed by atoms with van der Waals surface area (Å²) < 4.78 is 12.9. The summed E-state index contributed by atoms with van der Waals surface area (Å²) in [6.07, 6.45) is 3.07. The first-order chi connectivity index (χ1) is 23.5. The number of amides is 3. The molecule has 3 aliphatic heterocycles. The van der Waals surface area contributed by atoms with E-state index in [1.165, 1.54) is 4.90 Å². The van der Waals surface area contributed by atoms with Crippen LogP contribution in [0.2, 0.25) is 0 Å². The topological polar surface area (TPSA) is 125 Å². The lowest BCUT2D eigenvalue weighted by Crippen LogP contribution is -2.57. The van der Waals surface area contributed by atoms with Crippen LogP contribution >= 0.6 is 15.9 Å². The molecular formula is C38H46BrN3O7. The van der Waals surface area contributed by atoms with Crippen molar-refractivity contribution in [1.29, 1.82) is 0 Å². The van der Waals surface area contributed by atoms with E-state index in [4.69, 9.17) is 9.47 Å².